The Morgan fingerprint density at radius 3 is 2.81 bits per heavy atom. The molecule has 1 saturated heterocycles. The van der Waals surface area contributed by atoms with Crippen molar-refractivity contribution in [2.75, 3.05) is 13.1 Å². The lowest BCUT2D eigenvalue weighted by atomic mass is 9.89. The fourth-order valence-electron chi connectivity index (χ4n) is 3.88. The van der Waals surface area contributed by atoms with Crippen molar-refractivity contribution >= 4 is 0 Å². The van der Waals surface area contributed by atoms with E-state index >= 15 is 0 Å². The number of nitrogens with zero attached hydrogens (tertiary/aromatic N) is 3. The maximum atomic E-state index is 13.8. The summed E-state index contributed by atoms with van der Waals surface area (Å²) in [7, 11) is 0. The number of halogens is 1. The molecule has 2 heterocycles. The fraction of sp³-hybridized carbons (Fsp3) is 0.286. The highest BCUT2D eigenvalue weighted by atomic mass is 19.1. The van der Waals surface area contributed by atoms with E-state index in [-0.39, 0.29) is 5.82 Å². The average molecular weight is 351 g/mol. The maximum absolute atomic E-state index is 13.8. The first-order valence-electron chi connectivity index (χ1n) is 8.84. The third-order valence-electron chi connectivity index (χ3n) is 5.16. The Morgan fingerprint density at radius 1 is 1.19 bits per heavy atom. The summed E-state index contributed by atoms with van der Waals surface area (Å²) in [6, 6.07) is 14.6. The van der Waals surface area contributed by atoms with E-state index in [0.717, 1.165) is 28.9 Å². The Labute approximate surface area is 152 Å². The number of aromatic nitrogens is 2. The SMILES string of the molecule is Cc1ccccc1[C@@]1(O)CCN(Cc2cc(F)ccc2-n2cccn2)C1. The normalized spacial score (nSPS) is 20.6. The van der Waals surface area contributed by atoms with Gasteiger partial charge in [-0.1, -0.05) is 24.3 Å². The lowest BCUT2D eigenvalue weighted by Crippen LogP contribution is -2.31. The number of hydrogen-bond acceptors (Lipinski definition) is 3. The summed E-state index contributed by atoms with van der Waals surface area (Å²) in [5.41, 5.74) is 2.95. The van der Waals surface area contributed by atoms with Crippen LogP contribution < -0.4 is 0 Å². The van der Waals surface area contributed by atoms with Crippen molar-refractivity contribution in [1.29, 1.82) is 0 Å². The molecule has 1 N–H and O–H groups in total. The van der Waals surface area contributed by atoms with Crippen LogP contribution in [0.2, 0.25) is 0 Å². The molecule has 0 amide bonds. The Kier molecular flexibility index (Phi) is 4.34. The minimum Gasteiger partial charge on any atom is -0.384 e. The third kappa shape index (κ3) is 3.16. The van der Waals surface area contributed by atoms with Crippen LogP contribution in [0.3, 0.4) is 0 Å². The number of benzene rings is 2. The summed E-state index contributed by atoms with van der Waals surface area (Å²) in [5.74, 6) is -0.260. The van der Waals surface area contributed by atoms with Crippen LogP contribution in [0, 0.1) is 12.7 Å². The van der Waals surface area contributed by atoms with Gasteiger partial charge in [-0.3, -0.25) is 4.90 Å². The lowest BCUT2D eigenvalue weighted by molar-refractivity contribution is 0.0447. The number of hydrogen-bond donors (Lipinski definition) is 1. The van der Waals surface area contributed by atoms with Gasteiger partial charge < -0.3 is 5.11 Å². The van der Waals surface area contributed by atoms with Crippen molar-refractivity contribution < 1.29 is 9.50 Å². The van der Waals surface area contributed by atoms with E-state index in [2.05, 4.69) is 10.00 Å². The highest BCUT2D eigenvalue weighted by Crippen LogP contribution is 2.34. The largest absolute Gasteiger partial charge is 0.384 e. The minimum atomic E-state index is -0.857. The van der Waals surface area contributed by atoms with Crippen LogP contribution in [0.5, 0.6) is 0 Å². The van der Waals surface area contributed by atoms with Crippen molar-refractivity contribution in [1.82, 2.24) is 14.7 Å². The first-order valence-corrected chi connectivity index (χ1v) is 8.84. The second-order valence-electron chi connectivity index (χ2n) is 7.03. The van der Waals surface area contributed by atoms with Crippen LogP contribution in [-0.2, 0) is 12.1 Å². The topological polar surface area (TPSA) is 41.3 Å². The first-order chi connectivity index (χ1) is 12.5. The summed E-state index contributed by atoms with van der Waals surface area (Å²) in [6.07, 6.45) is 4.23. The number of β-amino-alcohol motifs (C(OH)–C–C–N with tert-alkyl or cyclic N) is 1. The van der Waals surface area contributed by atoms with Crippen molar-refractivity contribution in [2.24, 2.45) is 0 Å². The van der Waals surface area contributed by atoms with E-state index in [1.54, 1.807) is 23.0 Å². The minimum absolute atomic E-state index is 0.260. The predicted molar refractivity (Wildman–Crippen MR) is 98.5 cm³/mol. The Balaban J connectivity index is 1.58. The van der Waals surface area contributed by atoms with Gasteiger partial charge in [0.25, 0.3) is 0 Å². The number of aliphatic hydroxyl groups is 1. The van der Waals surface area contributed by atoms with Gasteiger partial charge in [-0.25, -0.2) is 9.07 Å². The average Bonchev–Trinajstić information content (AvgIpc) is 3.26. The quantitative estimate of drug-likeness (QED) is 0.783. The first kappa shape index (κ1) is 16.9. The van der Waals surface area contributed by atoms with Gasteiger partial charge in [0.05, 0.1) is 5.69 Å². The highest BCUT2D eigenvalue weighted by Gasteiger charge is 2.38. The summed E-state index contributed by atoms with van der Waals surface area (Å²) in [6.45, 7) is 3.90. The van der Waals surface area contributed by atoms with Crippen LogP contribution in [0.25, 0.3) is 5.69 Å². The van der Waals surface area contributed by atoms with Crippen molar-refractivity contribution in [3.05, 3.63) is 83.4 Å². The molecule has 3 aromatic rings. The van der Waals surface area contributed by atoms with Crippen LogP contribution in [0.4, 0.5) is 4.39 Å². The van der Waals surface area contributed by atoms with Crippen LogP contribution >= 0.6 is 0 Å². The second-order valence-corrected chi connectivity index (χ2v) is 7.03. The van der Waals surface area contributed by atoms with Crippen LogP contribution in [0.1, 0.15) is 23.1 Å². The molecule has 4 rings (SSSR count). The van der Waals surface area contributed by atoms with E-state index in [9.17, 15) is 9.50 Å². The van der Waals surface area contributed by atoms with Crippen molar-refractivity contribution in [3.63, 3.8) is 0 Å². The van der Waals surface area contributed by atoms with E-state index < -0.39 is 5.60 Å². The molecule has 5 heteroatoms. The third-order valence-corrected chi connectivity index (χ3v) is 5.16. The van der Waals surface area contributed by atoms with Gasteiger partial charge in [-0.05, 0) is 54.3 Å². The second kappa shape index (κ2) is 6.67. The fourth-order valence-corrected chi connectivity index (χ4v) is 3.88. The summed E-state index contributed by atoms with van der Waals surface area (Å²) < 4.78 is 15.6. The molecule has 0 radical (unpaired) electrons. The molecule has 2 aromatic carbocycles. The standard InChI is InChI=1S/C21H22FN3O/c1-16-5-2-3-6-19(16)21(26)9-12-24(15-21)14-17-13-18(22)7-8-20(17)25-11-4-10-23-25/h2-8,10-11,13,26H,9,12,14-15H2,1H3/t21-/m1/s1. The zero-order valence-electron chi connectivity index (χ0n) is 14.8. The van der Waals surface area contributed by atoms with Crippen LogP contribution in [0.15, 0.2) is 60.9 Å². The number of aryl methyl sites for hydroxylation is 1. The molecule has 1 atom stereocenters. The number of rotatable bonds is 4. The van der Waals surface area contributed by atoms with Gasteiger partial charge in [0.1, 0.15) is 11.4 Å². The molecule has 1 aliphatic heterocycles. The van der Waals surface area contributed by atoms with Gasteiger partial charge >= 0.3 is 0 Å². The van der Waals surface area contributed by atoms with Gasteiger partial charge in [0.15, 0.2) is 0 Å². The molecule has 4 nitrogen and oxygen atoms in total. The molecule has 0 bridgehead atoms. The lowest BCUT2D eigenvalue weighted by Gasteiger charge is -2.26. The predicted octanol–water partition coefficient (Wildman–Crippen LogP) is 3.41. The maximum Gasteiger partial charge on any atom is 0.123 e. The van der Waals surface area contributed by atoms with E-state index in [1.165, 1.54) is 6.07 Å². The molecular weight excluding hydrogens is 329 g/mol. The van der Waals surface area contributed by atoms with Gasteiger partial charge in [-0.15, -0.1) is 0 Å². The monoisotopic (exact) mass is 351 g/mol. The summed E-state index contributed by atoms with van der Waals surface area (Å²) in [4.78, 5) is 2.17. The Hall–Kier alpha value is -2.50. The van der Waals surface area contributed by atoms with E-state index in [4.69, 9.17) is 0 Å². The van der Waals surface area contributed by atoms with Crippen LogP contribution in [-0.4, -0.2) is 32.9 Å². The van der Waals surface area contributed by atoms with Crippen molar-refractivity contribution in [2.45, 2.75) is 25.5 Å². The van der Waals surface area contributed by atoms with Gasteiger partial charge in [0, 0.05) is 32.0 Å². The Bertz CT molecular complexity index is 909. The molecule has 0 spiro atoms. The van der Waals surface area contributed by atoms with Crippen molar-refractivity contribution in [3.8, 4) is 5.69 Å². The molecule has 1 aromatic heterocycles. The molecule has 1 aliphatic rings. The Morgan fingerprint density at radius 2 is 2.04 bits per heavy atom. The summed E-state index contributed by atoms with van der Waals surface area (Å²) in [5, 5.41) is 15.4. The van der Waals surface area contributed by atoms with E-state index in [0.29, 0.717) is 19.5 Å². The van der Waals surface area contributed by atoms with E-state index in [1.807, 2.05) is 43.5 Å². The van der Waals surface area contributed by atoms with Gasteiger partial charge in [0.2, 0.25) is 0 Å². The zero-order valence-corrected chi connectivity index (χ0v) is 14.8. The molecule has 26 heavy (non-hydrogen) atoms. The van der Waals surface area contributed by atoms with Gasteiger partial charge in [-0.2, -0.15) is 5.10 Å². The molecule has 0 aliphatic carbocycles. The molecule has 0 unspecified atom stereocenters. The molecular formula is C21H22FN3O. The molecule has 1 fully saturated rings. The number of likely N-dealkylation sites (tertiary alicyclic amines) is 1. The highest BCUT2D eigenvalue weighted by molar-refractivity contribution is 5.41. The summed E-state index contributed by atoms with van der Waals surface area (Å²) >= 11 is 0. The molecule has 134 valence electrons. The molecule has 0 saturated carbocycles. The smallest absolute Gasteiger partial charge is 0.123 e. The zero-order chi connectivity index (χ0) is 18.1.